The molecule has 0 aliphatic heterocycles. The van der Waals surface area contributed by atoms with E-state index in [9.17, 15) is 23.5 Å². The van der Waals surface area contributed by atoms with Gasteiger partial charge >= 0.3 is 15.2 Å². The minimum Gasteiger partial charge on any atom is -0.491 e. The highest BCUT2D eigenvalue weighted by Crippen LogP contribution is 2.78. The van der Waals surface area contributed by atoms with Gasteiger partial charge in [-0.05, 0) is 83.1 Å². The molecule has 3 unspecified atom stereocenters. The number of nitrogens with two attached hydrogens (primary N) is 1. The summed E-state index contributed by atoms with van der Waals surface area (Å²) in [6.45, 7) is 10.7. The van der Waals surface area contributed by atoms with Gasteiger partial charge in [-0.25, -0.2) is 0 Å². The smallest absolute Gasteiger partial charge is 0.350 e. The van der Waals surface area contributed by atoms with Crippen molar-refractivity contribution in [1.82, 2.24) is 5.32 Å². The number of nitrogens with one attached hydrogen (secondary N) is 1. The van der Waals surface area contributed by atoms with Crippen molar-refractivity contribution >= 4 is 38.6 Å². The number of ether oxygens (including phenoxy) is 1. The number of benzene rings is 2. The Bertz CT molecular complexity index is 1490. The van der Waals surface area contributed by atoms with Crippen molar-refractivity contribution in [3.8, 4) is 5.75 Å². The Morgan fingerprint density at radius 2 is 1.43 bits per heavy atom. The second kappa shape index (κ2) is 20.3. The van der Waals surface area contributed by atoms with Crippen molar-refractivity contribution < 1.29 is 46.3 Å². The van der Waals surface area contributed by atoms with Gasteiger partial charge in [0.05, 0.1) is 38.7 Å². The monoisotopic (exact) mass is 751 g/mol. The number of carbonyl (C=O) groups excluding carboxylic acids is 3. The molecule has 1 saturated carbocycles. The molecule has 13 nitrogen and oxygen atoms in total. The summed E-state index contributed by atoms with van der Waals surface area (Å²) in [6.07, 6.45) is 3.41. The molecule has 15 heteroatoms. The molecule has 1 aliphatic carbocycles. The lowest BCUT2D eigenvalue weighted by Gasteiger charge is -2.32. The van der Waals surface area contributed by atoms with Crippen molar-refractivity contribution in [3.63, 3.8) is 0 Å². The van der Waals surface area contributed by atoms with E-state index >= 15 is 0 Å². The minimum absolute atomic E-state index is 0.0447. The third kappa shape index (κ3) is 11.5. The van der Waals surface area contributed by atoms with Gasteiger partial charge in [-0.1, -0.05) is 42.8 Å². The number of hydrogen-bond acceptors (Lipinski definition) is 10. The van der Waals surface area contributed by atoms with E-state index in [-0.39, 0.29) is 62.4 Å². The highest BCUT2D eigenvalue weighted by Gasteiger charge is 2.52. The molecule has 3 atom stereocenters. The van der Waals surface area contributed by atoms with E-state index in [0.717, 1.165) is 19.3 Å². The number of anilines is 1. The summed E-state index contributed by atoms with van der Waals surface area (Å²) in [6, 6.07) is 13.0. The lowest BCUT2D eigenvalue weighted by atomic mass is 9.81. The van der Waals surface area contributed by atoms with Gasteiger partial charge in [-0.3, -0.25) is 23.5 Å². The average molecular weight is 752 g/mol. The molecular weight excluding hydrogens is 696 g/mol. The first-order chi connectivity index (χ1) is 24.4. The minimum atomic E-state index is -4.05. The summed E-state index contributed by atoms with van der Waals surface area (Å²) in [5.74, 6) is -0.480. The Hall–Kier alpha value is -3.05. The number of primary amides is 1. The number of nitrogens with zero attached hydrogens (tertiary/aromatic N) is 1. The van der Waals surface area contributed by atoms with E-state index < -0.39 is 26.6 Å². The lowest BCUT2D eigenvalue weighted by molar-refractivity contribution is -0.126. The molecule has 1 fully saturated rings. The van der Waals surface area contributed by atoms with Crippen LogP contribution < -0.4 is 20.7 Å². The molecule has 3 amide bonds. The predicted octanol–water partition coefficient (Wildman–Crippen LogP) is 6.99. The number of hydrogen-bond donors (Lipinski definition) is 2. The summed E-state index contributed by atoms with van der Waals surface area (Å²) in [7, 11) is -8.10. The normalized spacial score (nSPS) is 17.2. The molecule has 1 aliphatic rings. The zero-order chi connectivity index (χ0) is 37.6. The van der Waals surface area contributed by atoms with E-state index in [1.54, 1.807) is 69.0 Å². The molecule has 0 aromatic heterocycles. The number of amides is 3. The highest BCUT2D eigenvalue weighted by atomic mass is 31.2. The van der Waals surface area contributed by atoms with E-state index in [0.29, 0.717) is 42.1 Å². The summed E-state index contributed by atoms with van der Waals surface area (Å²) in [4.78, 5) is 39.9. The second-order valence-electron chi connectivity index (χ2n) is 12.3. The maximum atomic E-state index is 14.2. The largest absolute Gasteiger partial charge is 0.491 e. The first-order valence-electron chi connectivity index (χ1n) is 17.8. The molecule has 0 heterocycles. The van der Waals surface area contributed by atoms with Gasteiger partial charge in [-0.15, -0.1) is 0 Å². The summed E-state index contributed by atoms with van der Waals surface area (Å²) in [5.41, 5.74) is 7.17. The summed E-state index contributed by atoms with van der Waals surface area (Å²) >= 11 is 0. The van der Waals surface area contributed by atoms with Crippen molar-refractivity contribution in [2.24, 2.45) is 17.6 Å². The van der Waals surface area contributed by atoms with Crippen LogP contribution in [0.15, 0.2) is 48.5 Å². The molecule has 51 heavy (non-hydrogen) atoms. The van der Waals surface area contributed by atoms with Crippen LogP contribution in [0.25, 0.3) is 0 Å². The van der Waals surface area contributed by atoms with Crippen LogP contribution in [0.4, 0.5) is 5.69 Å². The zero-order valence-electron chi connectivity index (χ0n) is 30.7. The molecule has 2 aromatic carbocycles. The van der Waals surface area contributed by atoms with Crippen LogP contribution in [0.3, 0.4) is 0 Å². The third-order valence-corrected chi connectivity index (χ3v) is 14.6. The highest BCUT2D eigenvalue weighted by molar-refractivity contribution is 7.72. The van der Waals surface area contributed by atoms with Crippen molar-refractivity contribution in [3.05, 3.63) is 59.7 Å². The fraction of sp³-hybridized carbons (Fsp3) is 0.583. The van der Waals surface area contributed by atoms with Crippen LogP contribution in [0.2, 0.25) is 0 Å². The lowest BCUT2D eigenvalue weighted by Crippen LogP contribution is -2.49. The topological polar surface area (TPSA) is 173 Å². The quantitative estimate of drug-likeness (QED) is 0.127. The Labute approximate surface area is 302 Å². The van der Waals surface area contributed by atoms with Crippen molar-refractivity contribution in [1.29, 1.82) is 0 Å². The first kappa shape index (κ1) is 42.4. The maximum absolute atomic E-state index is 14.2. The number of rotatable bonds is 21. The van der Waals surface area contributed by atoms with E-state index in [1.807, 2.05) is 19.1 Å². The van der Waals surface area contributed by atoms with Crippen molar-refractivity contribution in [2.75, 3.05) is 44.5 Å². The molecule has 0 saturated heterocycles. The number of likely N-dealkylation sites (N-methyl/N-ethyl adjacent to an activating group) is 1. The maximum Gasteiger partial charge on any atom is 0.350 e. The van der Waals surface area contributed by atoms with Crippen LogP contribution >= 0.6 is 15.2 Å². The van der Waals surface area contributed by atoms with Crippen LogP contribution in [0.1, 0.15) is 83.8 Å². The molecule has 0 radical (unpaired) electrons. The molecular formula is C36H55N3O10P2. The van der Waals surface area contributed by atoms with Crippen LogP contribution in [0, 0.1) is 11.8 Å². The van der Waals surface area contributed by atoms with Gasteiger partial charge in [0.15, 0.2) is 5.40 Å². The first-order valence-corrected chi connectivity index (χ1v) is 21.0. The predicted molar refractivity (Wildman–Crippen MR) is 197 cm³/mol. The molecule has 3 N–H and O–H groups in total. The zero-order valence-corrected chi connectivity index (χ0v) is 32.5. The third-order valence-electron chi connectivity index (χ3n) is 8.63. The Kier molecular flexibility index (Phi) is 16.8. The molecule has 2 aromatic rings. The SMILES string of the molecule is CCOP(=O)(OCC)C(c1ccc(CC(NC(C)=O)C(=O)N(CC)c2ccccc2OCC2CCCC(C(N)=O)C2)cc1)P(=O)(OCC)OCC. The Balaban J connectivity index is 1.91. The van der Waals surface area contributed by atoms with Gasteiger partial charge in [0.2, 0.25) is 17.7 Å². The van der Waals surface area contributed by atoms with Gasteiger partial charge in [-0.2, -0.15) is 0 Å². The van der Waals surface area contributed by atoms with Crippen LogP contribution in [0.5, 0.6) is 5.75 Å². The Morgan fingerprint density at radius 3 is 1.94 bits per heavy atom. The summed E-state index contributed by atoms with van der Waals surface area (Å²) in [5, 5.41) is 1.45. The van der Waals surface area contributed by atoms with Crippen molar-refractivity contribution in [2.45, 2.75) is 85.1 Å². The fourth-order valence-corrected chi connectivity index (χ4v) is 11.9. The van der Waals surface area contributed by atoms with E-state index in [2.05, 4.69) is 5.32 Å². The van der Waals surface area contributed by atoms with Crippen LogP contribution in [-0.2, 0) is 48.0 Å². The fourth-order valence-electron chi connectivity index (χ4n) is 6.47. The molecule has 284 valence electrons. The van der Waals surface area contributed by atoms with E-state index in [4.69, 9.17) is 28.6 Å². The second-order valence-corrected chi connectivity index (χ2v) is 16.9. The van der Waals surface area contributed by atoms with Gasteiger partial charge in [0.1, 0.15) is 11.8 Å². The van der Waals surface area contributed by atoms with Gasteiger partial charge in [0, 0.05) is 25.8 Å². The molecule has 3 rings (SSSR count). The number of carbonyl (C=O) groups is 3. The standard InChI is InChI=1S/C36H55N3O10P2/c1-7-39(32-17-12-13-18-33(32)45-25-28-15-14-16-30(23-28)34(37)41)35(42)31(38-26(6)40)24-27-19-21-29(22-20-27)36(50(43,46-8-2)47-9-3)51(44,48-10-4)49-11-5/h12-13,17-22,28,30-31,36H,7-11,14-16,23-25H2,1-6H3,(H2,37,41)(H,38,40). The average Bonchev–Trinajstić information content (AvgIpc) is 3.09. The summed E-state index contributed by atoms with van der Waals surface area (Å²) < 4.78 is 57.0. The van der Waals surface area contributed by atoms with Gasteiger partial charge in [0.25, 0.3) is 0 Å². The number of para-hydroxylation sites is 2. The van der Waals surface area contributed by atoms with E-state index in [1.165, 1.54) is 6.92 Å². The van der Waals surface area contributed by atoms with Crippen LogP contribution in [-0.4, -0.2) is 63.3 Å². The molecule has 0 bridgehead atoms. The Morgan fingerprint density at radius 1 is 0.863 bits per heavy atom. The van der Waals surface area contributed by atoms with Gasteiger partial charge < -0.3 is 38.8 Å². The molecule has 0 spiro atoms.